The van der Waals surface area contributed by atoms with Crippen molar-refractivity contribution in [1.82, 2.24) is 9.97 Å². The van der Waals surface area contributed by atoms with Crippen molar-refractivity contribution in [2.24, 2.45) is 5.41 Å². The van der Waals surface area contributed by atoms with E-state index in [0.29, 0.717) is 28.3 Å². The van der Waals surface area contributed by atoms with Gasteiger partial charge in [-0.1, -0.05) is 37.6 Å². The lowest BCUT2D eigenvalue weighted by molar-refractivity contribution is -0.160. The van der Waals surface area contributed by atoms with E-state index in [0.717, 1.165) is 42.7 Å². The number of carboxylic acid groups (broad SMARTS) is 1. The van der Waals surface area contributed by atoms with Crippen LogP contribution in [0.4, 0.5) is 10.1 Å². The van der Waals surface area contributed by atoms with Gasteiger partial charge in [-0.3, -0.25) is 4.98 Å². The number of carbonyl (C=O) groups is 1. The van der Waals surface area contributed by atoms with Crippen LogP contribution in [0.3, 0.4) is 0 Å². The summed E-state index contributed by atoms with van der Waals surface area (Å²) in [5.41, 5.74) is 3.66. The van der Waals surface area contributed by atoms with Crippen LogP contribution in [0.1, 0.15) is 70.4 Å². The summed E-state index contributed by atoms with van der Waals surface area (Å²) in [7, 11) is 0. The Balaban J connectivity index is 1.72. The van der Waals surface area contributed by atoms with Gasteiger partial charge in [-0.25, -0.2) is 14.2 Å². The molecule has 3 aromatic rings. The molecule has 0 aliphatic carbocycles. The lowest BCUT2D eigenvalue weighted by Crippen LogP contribution is -2.39. The summed E-state index contributed by atoms with van der Waals surface area (Å²) in [6.07, 6.45) is 4.63. The molecule has 1 aromatic carbocycles. The number of aromatic nitrogens is 2. The van der Waals surface area contributed by atoms with Crippen LogP contribution in [-0.4, -0.2) is 46.3 Å². The summed E-state index contributed by atoms with van der Waals surface area (Å²) < 4.78 is 25.4. The Bertz CT molecular complexity index is 1400. The van der Waals surface area contributed by atoms with Crippen LogP contribution in [0, 0.1) is 18.2 Å². The summed E-state index contributed by atoms with van der Waals surface area (Å²) in [5, 5.41) is 10.6. The van der Waals surface area contributed by atoms with Crippen LogP contribution < -0.4 is 9.64 Å². The second-order valence-corrected chi connectivity index (χ2v) is 12.8. The molecule has 1 unspecified atom stereocenters. The van der Waals surface area contributed by atoms with Gasteiger partial charge in [0.15, 0.2) is 6.10 Å². The van der Waals surface area contributed by atoms with Gasteiger partial charge < -0.3 is 19.5 Å². The minimum absolute atomic E-state index is 0.197. The predicted molar refractivity (Wildman–Crippen MR) is 159 cm³/mol. The molecule has 2 aromatic heterocycles. The molecule has 41 heavy (non-hydrogen) atoms. The Labute approximate surface area is 246 Å². The fourth-order valence-corrected chi connectivity index (χ4v) is 5.25. The highest BCUT2D eigenvalue weighted by Crippen LogP contribution is 2.44. The summed E-state index contributed by atoms with van der Waals surface area (Å²) in [6.45, 7) is 13.7. The maximum absolute atomic E-state index is 13.5. The number of hydrogen-bond donors (Lipinski definition) is 1. The van der Waals surface area contributed by atoms with Gasteiger partial charge in [0.2, 0.25) is 5.88 Å². The topological polar surface area (TPSA) is 84.8 Å². The van der Waals surface area contributed by atoms with Crippen LogP contribution in [0.5, 0.6) is 5.88 Å². The molecular weight excluding hydrogens is 545 g/mol. The van der Waals surface area contributed by atoms with Gasteiger partial charge in [-0.2, -0.15) is 0 Å². The highest BCUT2D eigenvalue weighted by Gasteiger charge is 2.36. The number of anilines is 1. The van der Waals surface area contributed by atoms with Gasteiger partial charge in [0.05, 0.1) is 17.9 Å². The minimum Gasteiger partial charge on any atom is -0.479 e. The van der Waals surface area contributed by atoms with Crippen molar-refractivity contribution in [2.45, 2.75) is 72.5 Å². The first-order chi connectivity index (χ1) is 19.2. The van der Waals surface area contributed by atoms with Crippen molar-refractivity contribution >= 4 is 23.3 Å². The zero-order valence-corrected chi connectivity index (χ0v) is 25.4. The van der Waals surface area contributed by atoms with Gasteiger partial charge in [0.1, 0.15) is 10.8 Å². The average molecular weight is 584 g/mol. The molecule has 1 aliphatic heterocycles. The maximum Gasteiger partial charge on any atom is 0.337 e. The molecule has 220 valence electrons. The molecule has 7 nitrogen and oxygen atoms in total. The average Bonchev–Trinajstić information content (AvgIpc) is 2.88. The van der Waals surface area contributed by atoms with E-state index in [1.165, 1.54) is 12.1 Å². The lowest BCUT2D eigenvalue weighted by Gasteiger charge is -2.41. The Morgan fingerprint density at radius 1 is 1.17 bits per heavy atom. The number of aliphatic carboxylic acids is 1. The second kappa shape index (κ2) is 12.3. The third-order valence-corrected chi connectivity index (χ3v) is 7.59. The van der Waals surface area contributed by atoms with Crippen molar-refractivity contribution in [3.05, 3.63) is 70.4 Å². The van der Waals surface area contributed by atoms with Crippen LogP contribution >= 0.6 is 11.6 Å². The molecule has 1 aliphatic rings. The number of nitrogens with zero attached hydrogens (tertiary/aromatic N) is 3. The smallest absolute Gasteiger partial charge is 0.337 e. The number of piperidine rings is 1. The van der Waals surface area contributed by atoms with Crippen LogP contribution in [-0.2, 0) is 16.0 Å². The van der Waals surface area contributed by atoms with Crippen molar-refractivity contribution in [1.29, 1.82) is 0 Å². The Morgan fingerprint density at radius 3 is 2.49 bits per heavy atom. The van der Waals surface area contributed by atoms with Crippen molar-refractivity contribution < 1.29 is 23.8 Å². The number of aryl methyl sites for hydroxylation is 1. The van der Waals surface area contributed by atoms with Gasteiger partial charge in [0, 0.05) is 54.3 Å². The number of pyridine rings is 2. The molecule has 0 bridgehead atoms. The third-order valence-electron chi connectivity index (χ3n) is 7.32. The van der Waals surface area contributed by atoms with Crippen LogP contribution in [0.15, 0.2) is 42.7 Å². The van der Waals surface area contributed by atoms with Crippen molar-refractivity contribution in [2.75, 3.05) is 24.6 Å². The fraction of sp³-hybridized carbons (Fsp3) is 0.469. The van der Waals surface area contributed by atoms with Gasteiger partial charge in [0.25, 0.3) is 0 Å². The molecule has 0 spiro atoms. The van der Waals surface area contributed by atoms with Crippen LogP contribution in [0.25, 0.3) is 11.1 Å². The molecule has 1 N–H and O–H groups in total. The Morgan fingerprint density at radius 2 is 1.88 bits per heavy atom. The van der Waals surface area contributed by atoms with E-state index in [1.807, 2.05) is 33.8 Å². The molecule has 1 saturated heterocycles. The quantitative estimate of drug-likeness (QED) is 0.280. The van der Waals surface area contributed by atoms with Gasteiger partial charge in [-0.15, -0.1) is 0 Å². The van der Waals surface area contributed by atoms with E-state index in [2.05, 4.69) is 28.7 Å². The highest BCUT2D eigenvalue weighted by molar-refractivity contribution is 6.32. The number of benzene rings is 1. The molecule has 0 saturated carbocycles. The molecule has 9 heteroatoms. The monoisotopic (exact) mass is 583 g/mol. The van der Waals surface area contributed by atoms with Crippen molar-refractivity contribution in [3.8, 4) is 17.0 Å². The third kappa shape index (κ3) is 7.74. The highest BCUT2D eigenvalue weighted by atomic mass is 35.5. The summed E-state index contributed by atoms with van der Waals surface area (Å²) in [6, 6.07) is 8.14. The normalized spacial score (nSPS) is 16.0. The van der Waals surface area contributed by atoms with Gasteiger partial charge in [-0.05, 0) is 69.7 Å². The number of rotatable bonds is 9. The summed E-state index contributed by atoms with van der Waals surface area (Å²) >= 11 is 6.63. The van der Waals surface area contributed by atoms with E-state index in [4.69, 9.17) is 21.1 Å². The van der Waals surface area contributed by atoms with Crippen molar-refractivity contribution in [3.63, 3.8) is 0 Å². The standard InChI is InChI=1S/C32H39ClFN3O4/c1-20-26(28(30(38)39)41-31(2,3)4)27(37-13-11-32(5,6)12-14-37)24(19-35-20)22-17-25(33)29(36-18-22)40-15-10-21-8-7-9-23(34)16-21/h7-9,16-19,28H,10-15H2,1-6H3,(H,38,39). The van der Waals surface area contributed by atoms with E-state index < -0.39 is 17.7 Å². The first-order valence-corrected chi connectivity index (χ1v) is 14.3. The molecule has 3 heterocycles. The molecule has 0 radical (unpaired) electrons. The number of carboxylic acids is 1. The zero-order chi connectivity index (χ0) is 29.9. The summed E-state index contributed by atoms with van der Waals surface area (Å²) in [5.74, 6) is -1.09. The van der Waals surface area contributed by atoms with E-state index >= 15 is 0 Å². The van der Waals surface area contributed by atoms with E-state index in [9.17, 15) is 14.3 Å². The predicted octanol–water partition coefficient (Wildman–Crippen LogP) is 7.43. The van der Waals surface area contributed by atoms with Gasteiger partial charge >= 0.3 is 5.97 Å². The first-order valence-electron chi connectivity index (χ1n) is 13.9. The SMILES string of the molecule is Cc1ncc(-c2cnc(OCCc3cccc(F)c3)c(Cl)c2)c(N2CCC(C)(C)CC2)c1C(OC(C)(C)C)C(=O)O. The fourth-order valence-electron chi connectivity index (χ4n) is 5.03. The summed E-state index contributed by atoms with van der Waals surface area (Å²) in [4.78, 5) is 23.9. The zero-order valence-electron chi connectivity index (χ0n) is 24.6. The Hall–Kier alpha value is -3.23. The van der Waals surface area contributed by atoms with E-state index in [-0.39, 0.29) is 23.7 Å². The largest absolute Gasteiger partial charge is 0.479 e. The Kier molecular flexibility index (Phi) is 9.24. The number of ether oxygens (including phenoxy) is 2. The van der Waals surface area contributed by atoms with E-state index in [1.54, 1.807) is 24.5 Å². The molecule has 1 atom stereocenters. The van der Waals surface area contributed by atoms with Crippen LogP contribution in [0.2, 0.25) is 5.02 Å². The molecule has 1 fully saturated rings. The first kappa shape index (κ1) is 30.7. The molecular formula is C32H39ClFN3O4. The second-order valence-electron chi connectivity index (χ2n) is 12.4. The number of hydrogen-bond acceptors (Lipinski definition) is 6. The minimum atomic E-state index is -1.21. The number of halogens is 2. The molecule has 0 amide bonds. The lowest BCUT2D eigenvalue weighted by atomic mass is 9.82. The molecule has 4 rings (SSSR count). The maximum atomic E-state index is 13.5.